The number of aromatic nitrogens is 3. The molecule has 2 aromatic heterocycles. The molecule has 5 nitrogen and oxygen atoms in total. The van der Waals surface area contributed by atoms with Crippen molar-refractivity contribution in [3.8, 4) is 0 Å². The zero-order valence-corrected chi connectivity index (χ0v) is 18.1. The molecule has 1 fully saturated rings. The van der Waals surface area contributed by atoms with Gasteiger partial charge in [-0.05, 0) is 49.3 Å². The Kier molecular flexibility index (Phi) is 5.58. The Labute approximate surface area is 176 Å². The van der Waals surface area contributed by atoms with Crippen LogP contribution in [0.15, 0.2) is 30.5 Å². The number of benzene rings is 1. The fourth-order valence-corrected chi connectivity index (χ4v) is 4.59. The fraction of sp³-hybridized carbons (Fsp3) is 0.458. The maximum atomic E-state index is 14.1. The minimum Gasteiger partial charge on any atom is -0.349 e. The van der Waals surface area contributed by atoms with Gasteiger partial charge >= 0.3 is 0 Å². The highest BCUT2D eigenvalue weighted by molar-refractivity contribution is 5.99. The Hall–Kier alpha value is -2.76. The van der Waals surface area contributed by atoms with Crippen molar-refractivity contribution in [1.82, 2.24) is 19.9 Å². The van der Waals surface area contributed by atoms with E-state index in [-0.39, 0.29) is 17.8 Å². The number of rotatable bonds is 4. The van der Waals surface area contributed by atoms with Crippen LogP contribution in [0.25, 0.3) is 5.65 Å². The first-order chi connectivity index (χ1) is 14.4. The van der Waals surface area contributed by atoms with Gasteiger partial charge in [0.25, 0.3) is 5.91 Å². The van der Waals surface area contributed by atoms with Crippen molar-refractivity contribution in [2.75, 3.05) is 0 Å². The lowest BCUT2D eigenvalue weighted by Gasteiger charge is -2.34. The van der Waals surface area contributed by atoms with Crippen LogP contribution in [0.3, 0.4) is 0 Å². The predicted molar refractivity (Wildman–Crippen MR) is 115 cm³/mol. The maximum Gasteiger partial charge on any atom is 0.256 e. The third-order valence-corrected chi connectivity index (χ3v) is 6.80. The largest absolute Gasteiger partial charge is 0.349 e. The lowest BCUT2D eigenvalue weighted by atomic mass is 9.78. The second kappa shape index (κ2) is 8.17. The van der Waals surface area contributed by atoms with Crippen molar-refractivity contribution in [3.63, 3.8) is 0 Å². The van der Waals surface area contributed by atoms with E-state index in [9.17, 15) is 9.18 Å². The van der Waals surface area contributed by atoms with Crippen LogP contribution in [0.1, 0.15) is 66.0 Å². The van der Waals surface area contributed by atoms with Crippen LogP contribution in [0.2, 0.25) is 0 Å². The number of amides is 1. The molecule has 0 saturated heterocycles. The SMILES string of the molecule is Cc1nc2c(C(=O)N[C@@H]3CCC[C@H](C)[C@@H]3C)cnn2c(C)c1Cc1ccccc1F. The van der Waals surface area contributed by atoms with Crippen molar-refractivity contribution < 1.29 is 9.18 Å². The number of aryl methyl sites for hydroxylation is 2. The number of carbonyl (C=O) groups is 1. The molecule has 4 rings (SSSR count). The van der Waals surface area contributed by atoms with Gasteiger partial charge in [0.05, 0.1) is 6.20 Å². The van der Waals surface area contributed by atoms with Gasteiger partial charge in [-0.3, -0.25) is 4.79 Å². The zero-order valence-electron chi connectivity index (χ0n) is 18.1. The van der Waals surface area contributed by atoms with Crippen molar-refractivity contribution in [3.05, 3.63) is 64.4 Å². The van der Waals surface area contributed by atoms with E-state index in [4.69, 9.17) is 0 Å². The smallest absolute Gasteiger partial charge is 0.256 e. The van der Waals surface area contributed by atoms with E-state index in [1.165, 1.54) is 12.5 Å². The first-order valence-electron chi connectivity index (χ1n) is 10.7. The third-order valence-electron chi connectivity index (χ3n) is 6.80. The lowest BCUT2D eigenvalue weighted by molar-refractivity contribution is 0.0892. The Bertz CT molecular complexity index is 1090. The molecule has 0 bridgehead atoms. The van der Waals surface area contributed by atoms with Crippen molar-refractivity contribution in [2.24, 2.45) is 11.8 Å². The van der Waals surface area contributed by atoms with Gasteiger partial charge in [0.15, 0.2) is 5.65 Å². The highest BCUT2D eigenvalue weighted by atomic mass is 19.1. The van der Waals surface area contributed by atoms with E-state index >= 15 is 0 Å². The molecule has 3 atom stereocenters. The highest BCUT2D eigenvalue weighted by Crippen LogP contribution is 2.30. The Balaban J connectivity index is 1.64. The van der Waals surface area contributed by atoms with E-state index in [0.717, 1.165) is 29.8 Å². The van der Waals surface area contributed by atoms with Crippen LogP contribution in [0, 0.1) is 31.5 Å². The maximum absolute atomic E-state index is 14.1. The van der Waals surface area contributed by atoms with Gasteiger partial charge in [-0.25, -0.2) is 13.9 Å². The molecule has 6 heteroatoms. The monoisotopic (exact) mass is 408 g/mol. The molecule has 1 amide bonds. The molecule has 30 heavy (non-hydrogen) atoms. The molecule has 1 saturated carbocycles. The fourth-order valence-electron chi connectivity index (χ4n) is 4.59. The average Bonchev–Trinajstić information content (AvgIpc) is 3.14. The van der Waals surface area contributed by atoms with Gasteiger partial charge in [-0.1, -0.05) is 44.9 Å². The second-order valence-corrected chi connectivity index (χ2v) is 8.67. The van der Waals surface area contributed by atoms with E-state index in [1.807, 2.05) is 19.9 Å². The molecule has 2 heterocycles. The summed E-state index contributed by atoms with van der Waals surface area (Å²) in [5.41, 5.74) is 4.25. The Morgan fingerprint density at radius 2 is 2.00 bits per heavy atom. The van der Waals surface area contributed by atoms with Crippen LogP contribution < -0.4 is 5.32 Å². The summed E-state index contributed by atoms with van der Waals surface area (Å²) in [5.74, 6) is 0.710. The Morgan fingerprint density at radius 1 is 1.23 bits per heavy atom. The molecule has 1 aliphatic rings. The molecule has 1 aliphatic carbocycles. The van der Waals surface area contributed by atoms with Gasteiger partial charge < -0.3 is 5.32 Å². The first kappa shape index (κ1) is 20.5. The van der Waals surface area contributed by atoms with Gasteiger partial charge in [-0.2, -0.15) is 5.10 Å². The molecule has 1 N–H and O–H groups in total. The minimum absolute atomic E-state index is 0.121. The standard InChI is InChI=1S/C24H29FN4O/c1-14-8-7-11-22(15(14)2)28-24(30)20-13-26-29-17(4)19(16(3)27-23(20)29)12-18-9-5-6-10-21(18)25/h5-6,9-10,13-15,22H,7-8,11-12H2,1-4H3,(H,28,30)/t14-,15-,22+/m0/s1. The average molecular weight is 409 g/mol. The summed E-state index contributed by atoms with van der Waals surface area (Å²) < 4.78 is 15.8. The molecule has 0 aliphatic heterocycles. The summed E-state index contributed by atoms with van der Waals surface area (Å²) in [7, 11) is 0. The van der Waals surface area contributed by atoms with Crippen molar-refractivity contribution in [2.45, 2.75) is 59.4 Å². The molecule has 1 aromatic carbocycles. The number of carbonyl (C=O) groups excluding carboxylic acids is 1. The molecule has 0 spiro atoms. The molecule has 3 aromatic rings. The summed E-state index contributed by atoms with van der Waals surface area (Å²) in [5, 5.41) is 7.64. The minimum atomic E-state index is -0.229. The molecular formula is C24H29FN4O. The quantitative estimate of drug-likeness (QED) is 0.685. The number of halogens is 1. The lowest BCUT2D eigenvalue weighted by Crippen LogP contribution is -2.43. The van der Waals surface area contributed by atoms with E-state index in [2.05, 4.69) is 29.2 Å². The number of nitrogens with one attached hydrogen (secondary N) is 1. The van der Waals surface area contributed by atoms with Crippen LogP contribution in [-0.4, -0.2) is 26.5 Å². The highest BCUT2D eigenvalue weighted by Gasteiger charge is 2.29. The van der Waals surface area contributed by atoms with E-state index in [0.29, 0.717) is 35.0 Å². The number of fused-ring (bicyclic) bond motifs is 1. The summed E-state index contributed by atoms with van der Waals surface area (Å²) in [4.78, 5) is 17.7. The Morgan fingerprint density at radius 3 is 2.77 bits per heavy atom. The summed E-state index contributed by atoms with van der Waals surface area (Å²) >= 11 is 0. The van der Waals surface area contributed by atoms with Gasteiger partial charge in [-0.15, -0.1) is 0 Å². The summed E-state index contributed by atoms with van der Waals surface area (Å²) in [6.07, 6.45) is 5.39. The topological polar surface area (TPSA) is 59.3 Å². The van der Waals surface area contributed by atoms with E-state index < -0.39 is 0 Å². The number of hydrogen-bond acceptors (Lipinski definition) is 3. The van der Waals surface area contributed by atoms with Crippen LogP contribution in [0.4, 0.5) is 4.39 Å². The predicted octanol–water partition coefficient (Wildman–Crippen LogP) is 4.63. The number of hydrogen-bond donors (Lipinski definition) is 1. The second-order valence-electron chi connectivity index (χ2n) is 8.67. The molecular weight excluding hydrogens is 379 g/mol. The van der Waals surface area contributed by atoms with Crippen LogP contribution in [-0.2, 0) is 6.42 Å². The van der Waals surface area contributed by atoms with E-state index in [1.54, 1.807) is 22.8 Å². The van der Waals surface area contributed by atoms with Crippen LogP contribution in [0.5, 0.6) is 0 Å². The van der Waals surface area contributed by atoms with Gasteiger partial charge in [0, 0.05) is 23.9 Å². The normalized spacial score (nSPS) is 21.7. The third kappa shape index (κ3) is 3.71. The molecule has 0 radical (unpaired) electrons. The summed E-state index contributed by atoms with van der Waals surface area (Å²) in [6.45, 7) is 8.32. The first-order valence-corrected chi connectivity index (χ1v) is 10.7. The molecule has 0 unspecified atom stereocenters. The van der Waals surface area contributed by atoms with Crippen molar-refractivity contribution in [1.29, 1.82) is 0 Å². The van der Waals surface area contributed by atoms with Gasteiger partial charge in [0.1, 0.15) is 11.4 Å². The number of nitrogens with zero attached hydrogens (tertiary/aromatic N) is 3. The van der Waals surface area contributed by atoms with Crippen molar-refractivity contribution >= 4 is 11.6 Å². The zero-order chi connectivity index (χ0) is 21.4. The summed E-state index contributed by atoms with van der Waals surface area (Å²) in [6, 6.07) is 6.95. The molecule has 158 valence electrons. The van der Waals surface area contributed by atoms with Gasteiger partial charge in [0.2, 0.25) is 0 Å². The van der Waals surface area contributed by atoms with Crippen LogP contribution >= 0.6 is 0 Å².